The highest BCUT2D eigenvalue weighted by atomic mass is 15.2. The van der Waals surface area contributed by atoms with Crippen LogP contribution < -0.4 is 0 Å². The van der Waals surface area contributed by atoms with Crippen LogP contribution in [0.2, 0.25) is 0 Å². The van der Waals surface area contributed by atoms with Gasteiger partial charge in [-0.1, -0.05) is 200 Å². The van der Waals surface area contributed by atoms with E-state index in [0.29, 0.717) is 17.6 Å². The summed E-state index contributed by atoms with van der Waals surface area (Å²) in [6, 6.07) is 84.6. The average Bonchev–Trinajstić information content (AvgIpc) is 3.94. The Bertz CT molecular complexity index is 4270. The summed E-state index contributed by atoms with van der Waals surface area (Å²) in [6.45, 7) is 0. The third-order valence-electron chi connectivity index (χ3n) is 13.8. The molecule has 0 aliphatic carbocycles. The van der Waals surface area contributed by atoms with E-state index in [1.807, 2.05) is 18.2 Å². The van der Waals surface area contributed by atoms with Crippen molar-refractivity contribution in [2.24, 2.45) is 0 Å². The first-order valence-corrected chi connectivity index (χ1v) is 23.1. The summed E-state index contributed by atoms with van der Waals surface area (Å²) >= 11 is 0. The smallest absolute Gasteiger partial charge is 0.238 e. The van der Waals surface area contributed by atoms with Gasteiger partial charge >= 0.3 is 0 Å². The van der Waals surface area contributed by atoms with Gasteiger partial charge in [0.05, 0.1) is 22.1 Å². The summed E-state index contributed by atoms with van der Waals surface area (Å²) in [4.78, 5) is 15.8. The highest BCUT2D eigenvalue weighted by molar-refractivity contribution is 6.28. The number of rotatable bonds is 6. The summed E-state index contributed by atoms with van der Waals surface area (Å²) in [5.74, 6) is 1.78. The molecule has 14 rings (SSSR count). The lowest BCUT2D eigenvalue weighted by atomic mass is 9.94. The Morgan fingerprint density at radius 1 is 0.250 bits per heavy atom. The number of para-hydroxylation sites is 2. The fourth-order valence-electron chi connectivity index (χ4n) is 10.7. The predicted molar refractivity (Wildman–Crippen MR) is 283 cm³/mol. The molecule has 0 unspecified atom stereocenters. The van der Waals surface area contributed by atoms with E-state index >= 15 is 0 Å². The number of aromatic nitrogens is 5. The molecule has 316 valence electrons. The van der Waals surface area contributed by atoms with Crippen molar-refractivity contribution in [2.75, 3.05) is 0 Å². The average molecular weight is 866 g/mol. The van der Waals surface area contributed by atoms with Crippen molar-refractivity contribution in [1.29, 1.82) is 0 Å². The fraction of sp³-hybridized carbons (Fsp3) is 0. The Labute approximate surface area is 391 Å². The molecule has 68 heavy (non-hydrogen) atoms. The summed E-state index contributed by atoms with van der Waals surface area (Å²) in [5.41, 5.74) is 11.9. The van der Waals surface area contributed by atoms with E-state index in [2.05, 4.69) is 228 Å². The second-order valence-electron chi connectivity index (χ2n) is 17.6. The van der Waals surface area contributed by atoms with Crippen LogP contribution in [0.15, 0.2) is 237 Å². The second kappa shape index (κ2) is 15.2. The maximum absolute atomic E-state index is 5.35. The molecule has 11 aromatic carbocycles. The molecule has 0 amide bonds. The van der Waals surface area contributed by atoms with Gasteiger partial charge in [0.25, 0.3) is 0 Å². The first kappa shape index (κ1) is 38.1. The highest BCUT2D eigenvalue weighted by Gasteiger charge is 2.23. The quantitative estimate of drug-likeness (QED) is 0.156. The maximum atomic E-state index is 5.35. The van der Waals surface area contributed by atoms with Crippen molar-refractivity contribution in [3.8, 4) is 56.7 Å². The van der Waals surface area contributed by atoms with E-state index in [1.165, 1.54) is 54.2 Å². The van der Waals surface area contributed by atoms with Gasteiger partial charge in [-0.25, -0.2) is 4.98 Å². The van der Waals surface area contributed by atoms with Crippen LogP contribution in [-0.4, -0.2) is 24.1 Å². The van der Waals surface area contributed by atoms with Crippen LogP contribution in [0, 0.1) is 0 Å². The number of nitrogens with zero attached hydrogens (tertiary/aromatic N) is 5. The molecule has 0 aliphatic rings. The number of hydrogen-bond acceptors (Lipinski definition) is 3. The predicted octanol–water partition coefficient (Wildman–Crippen LogP) is 16.2. The monoisotopic (exact) mass is 865 g/mol. The molecule has 0 saturated carbocycles. The van der Waals surface area contributed by atoms with Crippen LogP contribution in [0.4, 0.5) is 0 Å². The zero-order chi connectivity index (χ0) is 44.7. The van der Waals surface area contributed by atoms with Gasteiger partial charge in [0.2, 0.25) is 5.95 Å². The molecule has 0 spiro atoms. The van der Waals surface area contributed by atoms with Crippen LogP contribution in [0.25, 0.3) is 133 Å². The molecule has 0 N–H and O–H groups in total. The van der Waals surface area contributed by atoms with Crippen molar-refractivity contribution in [3.05, 3.63) is 237 Å². The molecular weight excluding hydrogens is 827 g/mol. The molecule has 14 aromatic rings. The van der Waals surface area contributed by atoms with E-state index in [-0.39, 0.29) is 0 Å². The van der Waals surface area contributed by atoms with Crippen molar-refractivity contribution < 1.29 is 0 Å². The molecule has 0 aliphatic heterocycles. The zero-order valence-electron chi connectivity index (χ0n) is 36.8. The Balaban J connectivity index is 0.991. The molecule has 3 aromatic heterocycles. The minimum atomic E-state index is 0.561. The van der Waals surface area contributed by atoms with Crippen molar-refractivity contribution in [2.45, 2.75) is 0 Å². The van der Waals surface area contributed by atoms with E-state index in [9.17, 15) is 0 Å². The van der Waals surface area contributed by atoms with Crippen LogP contribution >= 0.6 is 0 Å². The Hall–Kier alpha value is -9.19. The lowest BCUT2D eigenvalue weighted by molar-refractivity contribution is 0.953. The first-order chi connectivity index (χ1) is 33.7. The van der Waals surface area contributed by atoms with Crippen LogP contribution in [-0.2, 0) is 0 Å². The second-order valence-corrected chi connectivity index (χ2v) is 17.6. The van der Waals surface area contributed by atoms with Gasteiger partial charge in [-0.15, -0.1) is 0 Å². The van der Waals surface area contributed by atoms with Gasteiger partial charge in [0.15, 0.2) is 11.6 Å². The zero-order valence-corrected chi connectivity index (χ0v) is 36.8. The van der Waals surface area contributed by atoms with Crippen LogP contribution in [0.3, 0.4) is 0 Å². The molecule has 3 heterocycles. The SMILES string of the molecule is c1ccc(-c2cccc(-c3ccc(-c4nc(-c5ccccc5)nc(-n5c6ccccc6c6c5ccc5c7ccccc7n(-c7ccc8c9ccccc9c9ccccc9c8c7)c56)n4)cc3)c2)cc1. The van der Waals surface area contributed by atoms with Gasteiger partial charge in [0, 0.05) is 38.4 Å². The minimum Gasteiger partial charge on any atom is -0.309 e. The fourth-order valence-corrected chi connectivity index (χ4v) is 10.7. The number of fused-ring (bicyclic) bond motifs is 13. The minimum absolute atomic E-state index is 0.561. The Morgan fingerprint density at radius 3 is 1.35 bits per heavy atom. The summed E-state index contributed by atoms with van der Waals surface area (Å²) in [6.07, 6.45) is 0. The Kier molecular flexibility index (Phi) is 8.52. The van der Waals surface area contributed by atoms with Gasteiger partial charge in [-0.05, 0) is 91.0 Å². The molecular formula is C63H39N5. The normalized spacial score (nSPS) is 11.8. The van der Waals surface area contributed by atoms with Crippen molar-refractivity contribution in [3.63, 3.8) is 0 Å². The molecule has 0 bridgehead atoms. The lowest BCUT2D eigenvalue weighted by Crippen LogP contribution is -2.06. The van der Waals surface area contributed by atoms with Gasteiger partial charge < -0.3 is 4.57 Å². The van der Waals surface area contributed by atoms with E-state index in [1.54, 1.807) is 0 Å². The van der Waals surface area contributed by atoms with Gasteiger partial charge in [-0.2, -0.15) is 9.97 Å². The van der Waals surface area contributed by atoms with Gasteiger partial charge in [0.1, 0.15) is 0 Å². The standard InChI is InChI=1S/C63H39N5/c1-3-16-40(17-4-1)44-20-15-21-45(38-44)41-30-32-43(33-31-41)62-64-61(42-18-5-2-6-19-42)65-63(66-62)68-57-29-14-12-27-54(57)59-58(68)37-36-53-52-26-11-13-28-56(52)67(60(53)59)46-34-35-51-49-24-8-7-22-47(49)48-23-9-10-25-50(48)55(51)39-46/h1-39H. The molecule has 5 heteroatoms. The number of benzene rings is 11. The maximum Gasteiger partial charge on any atom is 0.238 e. The number of hydrogen-bond donors (Lipinski definition) is 0. The molecule has 0 radical (unpaired) electrons. The molecule has 0 fully saturated rings. The molecule has 0 atom stereocenters. The van der Waals surface area contributed by atoms with Crippen LogP contribution in [0.5, 0.6) is 0 Å². The van der Waals surface area contributed by atoms with E-state index in [4.69, 9.17) is 15.0 Å². The molecule has 5 nitrogen and oxygen atoms in total. The van der Waals surface area contributed by atoms with Gasteiger partial charge in [-0.3, -0.25) is 4.57 Å². The first-order valence-electron chi connectivity index (χ1n) is 23.1. The van der Waals surface area contributed by atoms with E-state index < -0.39 is 0 Å². The third-order valence-corrected chi connectivity index (χ3v) is 13.8. The molecule has 0 saturated heterocycles. The van der Waals surface area contributed by atoms with Crippen molar-refractivity contribution in [1.82, 2.24) is 24.1 Å². The van der Waals surface area contributed by atoms with Crippen LogP contribution in [0.1, 0.15) is 0 Å². The highest BCUT2D eigenvalue weighted by Crippen LogP contribution is 2.43. The van der Waals surface area contributed by atoms with Crippen molar-refractivity contribution >= 4 is 75.9 Å². The lowest BCUT2D eigenvalue weighted by Gasteiger charge is -2.14. The summed E-state index contributed by atoms with van der Waals surface area (Å²) < 4.78 is 4.70. The third kappa shape index (κ3) is 5.93. The van der Waals surface area contributed by atoms with E-state index in [0.717, 1.165) is 60.8 Å². The summed E-state index contributed by atoms with van der Waals surface area (Å²) in [7, 11) is 0. The Morgan fingerprint density at radius 2 is 0.706 bits per heavy atom. The summed E-state index contributed by atoms with van der Waals surface area (Å²) in [5, 5.41) is 12.2. The largest absolute Gasteiger partial charge is 0.309 e. The topological polar surface area (TPSA) is 48.5 Å².